The summed E-state index contributed by atoms with van der Waals surface area (Å²) in [5.74, 6) is 0.143. The molecule has 0 saturated carbocycles. The first-order valence-electron chi connectivity index (χ1n) is 3.70. The molecule has 12 heavy (non-hydrogen) atoms. The summed E-state index contributed by atoms with van der Waals surface area (Å²) in [5.41, 5.74) is 0.927. The Hall–Kier alpha value is -1.31. The van der Waals surface area contributed by atoms with Gasteiger partial charge in [0.05, 0.1) is 12.2 Å². The van der Waals surface area contributed by atoms with E-state index < -0.39 is 0 Å². The predicted octanol–water partition coefficient (Wildman–Crippen LogP) is 2.59. The SMILES string of the molecule is C=C/C=C(\C)CC(=O)OC(=C)C. The third kappa shape index (κ3) is 5.47. The summed E-state index contributed by atoms with van der Waals surface area (Å²) in [4.78, 5) is 11.0. The molecule has 0 atom stereocenters. The molecule has 0 aliphatic rings. The predicted molar refractivity (Wildman–Crippen MR) is 49.5 cm³/mol. The highest BCUT2D eigenvalue weighted by Crippen LogP contribution is 2.03. The number of esters is 1. The van der Waals surface area contributed by atoms with E-state index >= 15 is 0 Å². The quantitative estimate of drug-likeness (QED) is 0.364. The van der Waals surface area contributed by atoms with E-state index in [9.17, 15) is 4.79 Å². The summed E-state index contributed by atoms with van der Waals surface area (Å²) < 4.78 is 4.76. The van der Waals surface area contributed by atoms with Gasteiger partial charge in [-0.3, -0.25) is 4.79 Å². The summed E-state index contributed by atoms with van der Waals surface area (Å²) in [7, 11) is 0. The lowest BCUT2D eigenvalue weighted by Crippen LogP contribution is -2.02. The second kappa shape index (κ2) is 5.35. The van der Waals surface area contributed by atoms with E-state index in [0.717, 1.165) is 5.57 Å². The molecule has 0 aromatic carbocycles. The number of hydrogen-bond donors (Lipinski definition) is 0. The van der Waals surface area contributed by atoms with Crippen LogP contribution in [0.4, 0.5) is 0 Å². The summed E-state index contributed by atoms with van der Waals surface area (Å²) >= 11 is 0. The molecule has 66 valence electrons. The van der Waals surface area contributed by atoms with E-state index in [1.165, 1.54) is 0 Å². The molecule has 0 heterocycles. The standard InChI is InChI=1S/C10H14O2/c1-5-6-9(4)7-10(11)12-8(2)3/h5-6H,1-2,7H2,3-4H3/b9-6+. The molecule has 0 unspecified atom stereocenters. The van der Waals surface area contributed by atoms with Gasteiger partial charge in [0.1, 0.15) is 0 Å². The molecule has 0 rings (SSSR count). The molecule has 0 aliphatic carbocycles. The van der Waals surface area contributed by atoms with Crippen LogP contribution in [0.5, 0.6) is 0 Å². The van der Waals surface area contributed by atoms with Gasteiger partial charge in [0.15, 0.2) is 0 Å². The number of allylic oxidation sites excluding steroid dienone is 3. The highest BCUT2D eigenvalue weighted by molar-refractivity contribution is 5.73. The average Bonchev–Trinajstić information content (AvgIpc) is 1.84. The Morgan fingerprint density at radius 3 is 2.50 bits per heavy atom. The number of rotatable bonds is 4. The molecule has 0 fully saturated rings. The first-order valence-corrected chi connectivity index (χ1v) is 3.70. The molecule has 2 heteroatoms. The lowest BCUT2D eigenvalue weighted by atomic mass is 10.2. The first kappa shape index (κ1) is 10.7. The summed E-state index contributed by atoms with van der Waals surface area (Å²) in [6.45, 7) is 10.5. The van der Waals surface area contributed by atoms with Gasteiger partial charge in [-0.2, -0.15) is 0 Å². The van der Waals surface area contributed by atoms with E-state index in [1.54, 1.807) is 19.1 Å². The Kier molecular flexibility index (Phi) is 4.77. The Labute approximate surface area is 73.2 Å². The van der Waals surface area contributed by atoms with Gasteiger partial charge in [-0.05, 0) is 13.8 Å². The summed E-state index contributed by atoms with van der Waals surface area (Å²) in [5, 5.41) is 0. The zero-order valence-electron chi connectivity index (χ0n) is 7.59. The van der Waals surface area contributed by atoms with Gasteiger partial charge < -0.3 is 4.74 Å². The van der Waals surface area contributed by atoms with E-state index in [0.29, 0.717) is 12.2 Å². The zero-order chi connectivity index (χ0) is 9.56. The largest absolute Gasteiger partial charge is 0.432 e. The lowest BCUT2D eigenvalue weighted by molar-refractivity contribution is -0.138. The molecule has 0 bridgehead atoms. The minimum Gasteiger partial charge on any atom is -0.432 e. The van der Waals surface area contributed by atoms with Gasteiger partial charge in [0, 0.05) is 0 Å². The fourth-order valence-electron chi connectivity index (χ4n) is 0.718. The molecule has 0 saturated heterocycles. The molecule has 0 spiro atoms. The van der Waals surface area contributed by atoms with Crippen LogP contribution in [-0.4, -0.2) is 5.97 Å². The van der Waals surface area contributed by atoms with E-state index in [4.69, 9.17) is 4.74 Å². The van der Waals surface area contributed by atoms with Crippen LogP contribution in [0.3, 0.4) is 0 Å². The van der Waals surface area contributed by atoms with Crippen molar-refractivity contribution in [1.29, 1.82) is 0 Å². The van der Waals surface area contributed by atoms with Crippen LogP contribution in [-0.2, 0) is 9.53 Å². The van der Waals surface area contributed by atoms with Gasteiger partial charge >= 0.3 is 5.97 Å². The topological polar surface area (TPSA) is 26.3 Å². The van der Waals surface area contributed by atoms with Crippen LogP contribution in [0.2, 0.25) is 0 Å². The Bertz CT molecular complexity index is 224. The maximum absolute atomic E-state index is 11.0. The van der Waals surface area contributed by atoms with Crippen molar-refractivity contribution in [1.82, 2.24) is 0 Å². The van der Waals surface area contributed by atoms with Gasteiger partial charge in [0.25, 0.3) is 0 Å². The fourth-order valence-corrected chi connectivity index (χ4v) is 0.718. The van der Waals surface area contributed by atoms with Crippen LogP contribution in [0.15, 0.2) is 36.6 Å². The normalized spacial score (nSPS) is 10.7. The maximum Gasteiger partial charge on any atom is 0.314 e. The van der Waals surface area contributed by atoms with Crippen LogP contribution in [0.1, 0.15) is 20.3 Å². The van der Waals surface area contributed by atoms with Crippen molar-refractivity contribution < 1.29 is 9.53 Å². The van der Waals surface area contributed by atoms with Crippen molar-refractivity contribution in [2.75, 3.05) is 0 Å². The molecule has 0 aromatic rings. The molecular formula is C10H14O2. The molecule has 2 nitrogen and oxygen atoms in total. The number of ether oxygens (including phenoxy) is 1. The number of carbonyl (C=O) groups excluding carboxylic acids is 1. The lowest BCUT2D eigenvalue weighted by Gasteiger charge is -2.01. The van der Waals surface area contributed by atoms with E-state index in [1.807, 2.05) is 6.92 Å². The van der Waals surface area contributed by atoms with Crippen molar-refractivity contribution in [3.63, 3.8) is 0 Å². The summed E-state index contributed by atoms with van der Waals surface area (Å²) in [6.07, 6.45) is 3.71. The molecule has 0 aromatic heterocycles. The third-order valence-electron chi connectivity index (χ3n) is 1.11. The molecular weight excluding hydrogens is 152 g/mol. The third-order valence-corrected chi connectivity index (χ3v) is 1.11. The van der Waals surface area contributed by atoms with Gasteiger partial charge in [0.2, 0.25) is 0 Å². The Balaban J connectivity index is 3.92. The van der Waals surface area contributed by atoms with Gasteiger partial charge in [-0.15, -0.1) is 0 Å². The number of carbonyl (C=O) groups is 1. The van der Waals surface area contributed by atoms with Crippen molar-refractivity contribution in [2.45, 2.75) is 20.3 Å². The minimum absolute atomic E-state index is 0.280. The molecule has 0 N–H and O–H groups in total. The fraction of sp³-hybridized carbons (Fsp3) is 0.300. The van der Waals surface area contributed by atoms with Crippen LogP contribution >= 0.6 is 0 Å². The van der Waals surface area contributed by atoms with Crippen molar-refractivity contribution >= 4 is 5.97 Å². The van der Waals surface area contributed by atoms with Crippen molar-refractivity contribution in [3.8, 4) is 0 Å². The second-order valence-corrected chi connectivity index (χ2v) is 2.60. The monoisotopic (exact) mass is 166 g/mol. The van der Waals surface area contributed by atoms with Crippen LogP contribution in [0, 0.1) is 0 Å². The van der Waals surface area contributed by atoms with Crippen molar-refractivity contribution in [3.05, 3.63) is 36.6 Å². The summed E-state index contributed by atoms with van der Waals surface area (Å²) in [6, 6.07) is 0. The maximum atomic E-state index is 11.0. The van der Waals surface area contributed by atoms with Crippen LogP contribution < -0.4 is 0 Å². The van der Waals surface area contributed by atoms with E-state index in [-0.39, 0.29) is 5.97 Å². The highest BCUT2D eigenvalue weighted by atomic mass is 16.5. The number of hydrogen-bond acceptors (Lipinski definition) is 2. The molecule has 0 amide bonds. The zero-order valence-corrected chi connectivity index (χ0v) is 7.59. The van der Waals surface area contributed by atoms with E-state index in [2.05, 4.69) is 13.2 Å². The van der Waals surface area contributed by atoms with Gasteiger partial charge in [-0.1, -0.05) is 30.9 Å². The Morgan fingerprint density at radius 2 is 2.08 bits per heavy atom. The van der Waals surface area contributed by atoms with Gasteiger partial charge in [-0.25, -0.2) is 0 Å². The second-order valence-electron chi connectivity index (χ2n) is 2.60. The smallest absolute Gasteiger partial charge is 0.314 e. The first-order chi connectivity index (χ1) is 5.56. The minimum atomic E-state index is -0.280. The highest BCUT2D eigenvalue weighted by Gasteiger charge is 2.02. The Morgan fingerprint density at radius 1 is 1.50 bits per heavy atom. The average molecular weight is 166 g/mol. The van der Waals surface area contributed by atoms with Crippen LogP contribution in [0.25, 0.3) is 0 Å². The van der Waals surface area contributed by atoms with Crippen molar-refractivity contribution in [2.24, 2.45) is 0 Å². The molecule has 0 radical (unpaired) electrons. The molecule has 0 aliphatic heterocycles.